The van der Waals surface area contributed by atoms with Gasteiger partial charge in [-0.15, -0.1) is 0 Å². The first-order valence-electron chi connectivity index (χ1n) is 7.14. The van der Waals surface area contributed by atoms with Crippen LogP contribution in [0, 0.1) is 0 Å². The summed E-state index contributed by atoms with van der Waals surface area (Å²) in [6, 6.07) is 7.22. The van der Waals surface area contributed by atoms with E-state index in [9.17, 15) is 14.7 Å². The molecule has 0 aromatic heterocycles. The number of aliphatic hydroxyl groups is 1. The average Bonchev–Trinajstić information content (AvgIpc) is 2.89. The Balaban J connectivity index is 1.74. The molecule has 5 nitrogen and oxygen atoms in total. The lowest BCUT2D eigenvalue weighted by molar-refractivity contribution is -0.125. The summed E-state index contributed by atoms with van der Waals surface area (Å²) in [5.41, 5.74) is 1.09. The average molecular weight is 322 g/mol. The van der Waals surface area contributed by atoms with Crippen LogP contribution in [0.5, 0.6) is 0 Å². The molecule has 3 rings (SSSR count). The molecule has 0 spiro atoms. The number of β-amino-alcohol motifs (C(OH)–C–C–N with tert-alkyl or cyclic N) is 1. The van der Waals surface area contributed by atoms with E-state index in [1.165, 1.54) is 11.3 Å². The van der Waals surface area contributed by atoms with Gasteiger partial charge >= 0.3 is 0 Å². The Kier molecular flexibility index (Phi) is 4.29. The van der Waals surface area contributed by atoms with Crippen molar-refractivity contribution in [1.29, 1.82) is 0 Å². The second-order valence-corrected chi connectivity index (χ2v) is 6.03. The zero-order valence-electron chi connectivity index (χ0n) is 11.9. The third-order valence-electron chi connectivity index (χ3n) is 3.90. The topological polar surface area (TPSA) is 66.8 Å². The van der Waals surface area contributed by atoms with Crippen LogP contribution < -0.4 is 0 Å². The first kappa shape index (κ1) is 15.2. The predicted molar refractivity (Wildman–Crippen MR) is 80.2 cm³/mol. The summed E-state index contributed by atoms with van der Waals surface area (Å²) < 4.78 is 0. The van der Waals surface area contributed by atoms with Crippen LogP contribution in [0.4, 0.5) is 0 Å². The molecular weight excluding hydrogens is 306 g/mol. The molecule has 1 aromatic rings. The van der Waals surface area contributed by atoms with Crippen molar-refractivity contribution < 1.29 is 19.5 Å². The van der Waals surface area contributed by atoms with Gasteiger partial charge in [-0.1, -0.05) is 23.7 Å². The van der Waals surface area contributed by atoms with Crippen molar-refractivity contribution in [3.63, 3.8) is 0 Å². The van der Waals surface area contributed by atoms with Crippen molar-refractivity contribution in [2.45, 2.75) is 24.9 Å². The number of allylic oxidation sites excluding steroid dienone is 1. The zero-order chi connectivity index (χ0) is 15.7. The lowest BCUT2D eigenvalue weighted by Crippen LogP contribution is -2.27. The van der Waals surface area contributed by atoms with Crippen molar-refractivity contribution in [1.82, 2.24) is 5.06 Å². The number of hydrogen-bond acceptors (Lipinski definition) is 5. The molecule has 1 aliphatic carbocycles. The molecule has 116 valence electrons. The summed E-state index contributed by atoms with van der Waals surface area (Å²) in [4.78, 5) is 29.7. The molecular formula is C16H16ClNO4. The lowest BCUT2D eigenvalue weighted by atomic mass is 9.80. The summed E-state index contributed by atoms with van der Waals surface area (Å²) in [6.07, 6.45) is 1.40. The fourth-order valence-corrected chi connectivity index (χ4v) is 2.86. The molecule has 2 aliphatic rings. The van der Waals surface area contributed by atoms with E-state index in [2.05, 4.69) is 0 Å². The number of hydroxylamine groups is 2. The van der Waals surface area contributed by atoms with Gasteiger partial charge in [-0.3, -0.25) is 19.5 Å². The van der Waals surface area contributed by atoms with Gasteiger partial charge in [-0.2, -0.15) is 0 Å². The van der Waals surface area contributed by atoms with E-state index in [0.29, 0.717) is 5.02 Å². The van der Waals surface area contributed by atoms with E-state index in [0.717, 1.165) is 5.56 Å². The Labute approximate surface area is 133 Å². The van der Waals surface area contributed by atoms with Crippen molar-refractivity contribution in [3.8, 4) is 0 Å². The number of halogens is 1. The first-order chi connectivity index (χ1) is 10.5. The number of nitrogens with zero attached hydrogens (tertiary/aromatic N) is 1. The van der Waals surface area contributed by atoms with Gasteiger partial charge in [0.05, 0.1) is 18.2 Å². The predicted octanol–water partition coefficient (Wildman–Crippen LogP) is 1.85. The molecule has 1 N–H and O–H groups in total. The highest BCUT2D eigenvalue weighted by atomic mass is 35.5. The van der Waals surface area contributed by atoms with E-state index in [4.69, 9.17) is 16.4 Å². The Morgan fingerprint density at radius 2 is 1.82 bits per heavy atom. The third-order valence-corrected chi connectivity index (χ3v) is 4.15. The molecule has 6 heteroatoms. The van der Waals surface area contributed by atoms with Crippen molar-refractivity contribution in [2.24, 2.45) is 0 Å². The highest BCUT2D eigenvalue weighted by Crippen LogP contribution is 2.32. The van der Waals surface area contributed by atoms with Crippen LogP contribution >= 0.6 is 11.6 Å². The fourth-order valence-electron chi connectivity index (χ4n) is 2.74. The smallest absolute Gasteiger partial charge is 0.168 e. The standard InChI is InChI=1S/C16H16ClNO4/c17-12-3-1-10(2-4-12)11-5-15(20)14(16(21)6-11)8-18-7-13(19)9-22-18/h1-4,8,11,13,19H,5-7,9H2/t11?,13-/m0/s1. The van der Waals surface area contributed by atoms with E-state index in [-0.39, 0.29) is 49.1 Å². The maximum absolute atomic E-state index is 12.3. The Bertz CT molecular complexity index is 606. The quantitative estimate of drug-likeness (QED) is 0.665. The molecule has 1 aromatic carbocycles. The van der Waals surface area contributed by atoms with E-state index >= 15 is 0 Å². The number of carbonyl (C=O) groups excluding carboxylic acids is 2. The van der Waals surface area contributed by atoms with Crippen LogP contribution in [0.3, 0.4) is 0 Å². The van der Waals surface area contributed by atoms with Crippen molar-refractivity contribution in [3.05, 3.63) is 46.6 Å². The molecule has 1 aliphatic heterocycles. The highest BCUT2D eigenvalue weighted by Gasteiger charge is 2.32. The fraction of sp³-hybridized carbons (Fsp3) is 0.375. The van der Waals surface area contributed by atoms with Gasteiger partial charge < -0.3 is 5.11 Å². The normalized spacial score (nSPS) is 25.7. The maximum atomic E-state index is 12.3. The van der Waals surface area contributed by atoms with Crippen LogP contribution in [-0.4, -0.2) is 41.0 Å². The lowest BCUT2D eigenvalue weighted by Gasteiger charge is -2.23. The van der Waals surface area contributed by atoms with Gasteiger partial charge in [0.2, 0.25) is 0 Å². The monoisotopic (exact) mass is 321 g/mol. The highest BCUT2D eigenvalue weighted by molar-refractivity contribution is 6.30. The van der Waals surface area contributed by atoms with Gasteiger partial charge in [-0.25, -0.2) is 0 Å². The van der Waals surface area contributed by atoms with E-state index < -0.39 is 6.10 Å². The first-order valence-corrected chi connectivity index (χ1v) is 7.52. The van der Waals surface area contributed by atoms with Gasteiger partial charge in [0.1, 0.15) is 6.61 Å². The Morgan fingerprint density at radius 3 is 2.36 bits per heavy atom. The molecule has 0 unspecified atom stereocenters. The Morgan fingerprint density at radius 1 is 1.18 bits per heavy atom. The molecule has 1 saturated carbocycles. The molecule has 2 fully saturated rings. The number of carbonyl (C=O) groups is 2. The summed E-state index contributed by atoms with van der Waals surface area (Å²) in [6.45, 7) is 0.449. The molecule has 22 heavy (non-hydrogen) atoms. The second kappa shape index (κ2) is 6.20. The number of Topliss-reactive ketones (excluding diaryl/α,β-unsaturated/α-hetero) is 2. The van der Waals surface area contributed by atoms with Crippen LogP contribution in [0.2, 0.25) is 5.02 Å². The third kappa shape index (κ3) is 3.21. The summed E-state index contributed by atoms with van der Waals surface area (Å²) in [7, 11) is 0. The van der Waals surface area contributed by atoms with Gasteiger partial charge in [0, 0.05) is 24.1 Å². The number of benzene rings is 1. The molecule has 1 atom stereocenters. The minimum atomic E-state index is -0.590. The molecule has 0 bridgehead atoms. The molecule has 1 heterocycles. The Hall–Kier alpha value is -1.69. The minimum absolute atomic E-state index is 0.112. The van der Waals surface area contributed by atoms with Gasteiger partial charge in [0.15, 0.2) is 11.6 Å². The minimum Gasteiger partial charge on any atom is -0.389 e. The van der Waals surface area contributed by atoms with Crippen LogP contribution in [0.25, 0.3) is 0 Å². The van der Waals surface area contributed by atoms with E-state index in [1.54, 1.807) is 12.1 Å². The largest absolute Gasteiger partial charge is 0.389 e. The second-order valence-electron chi connectivity index (χ2n) is 5.60. The summed E-state index contributed by atoms with van der Waals surface area (Å²) >= 11 is 5.86. The summed E-state index contributed by atoms with van der Waals surface area (Å²) in [5, 5.41) is 11.4. The van der Waals surface area contributed by atoms with Crippen LogP contribution in [0.15, 0.2) is 36.0 Å². The van der Waals surface area contributed by atoms with Gasteiger partial charge in [0.25, 0.3) is 0 Å². The number of aliphatic hydroxyl groups excluding tert-OH is 1. The zero-order valence-corrected chi connectivity index (χ0v) is 12.6. The number of hydrogen-bond donors (Lipinski definition) is 1. The van der Waals surface area contributed by atoms with Crippen molar-refractivity contribution >= 4 is 23.2 Å². The van der Waals surface area contributed by atoms with Crippen LogP contribution in [0.1, 0.15) is 24.3 Å². The van der Waals surface area contributed by atoms with Crippen molar-refractivity contribution in [2.75, 3.05) is 13.2 Å². The summed E-state index contributed by atoms with van der Waals surface area (Å²) in [5.74, 6) is -0.498. The molecule has 0 radical (unpaired) electrons. The molecule has 1 saturated heterocycles. The van der Waals surface area contributed by atoms with E-state index in [1.807, 2.05) is 12.1 Å². The number of rotatable bonds is 2. The SMILES string of the molecule is O=C1CC(c2ccc(Cl)cc2)CC(=O)C1=CN1C[C@H](O)CO1. The molecule has 0 amide bonds. The van der Waals surface area contributed by atoms with Crippen LogP contribution in [-0.2, 0) is 14.4 Å². The number of ketones is 2. The maximum Gasteiger partial charge on any atom is 0.168 e. The van der Waals surface area contributed by atoms with Gasteiger partial charge in [-0.05, 0) is 23.6 Å².